The van der Waals surface area contributed by atoms with Gasteiger partial charge in [0.25, 0.3) is 14.7 Å². The van der Waals surface area contributed by atoms with E-state index in [2.05, 4.69) is 0 Å². The van der Waals surface area contributed by atoms with E-state index in [-0.39, 0.29) is 5.75 Å². The summed E-state index contributed by atoms with van der Waals surface area (Å²) in [6.07, 6.45) is -0.534. The molecule has 1 aromatic carbocycles. The van der Waals surface area contributed by atoms with Gasteiger partial charge in [-0.15, -0.1) is 0 Å². The highest BCUT2D eigenvalue weighted by molar-refractivity contribution is 8.13. The maximum Gasteiger partial charge on any atom is 0.271 e. The Kier molecular flexibility index (Phi) is 4.69. The van der Waals surface area contributed by atoms with E-state index < -0.39 is 30.7 Å². The molecule has 9 heteroatoms. The zero-order valence-corrected chi connectivity index (χ0v) is 11.3. The summed E-state index contributed by atoms with van der Waals surface area (Å²) in [7, 11) is 0.979. The predicted molar refractivity (Wildman–Crippen MR) is 66.5 cm³/mol. The molecule has 0 aromatic heterocycles. The minimum atomic E-state index is -4.22. The second kappa shape index (κ2) is 5.86. The van der Waals surface area contributed by atoms with Crippen molar-refractivity contribution in [3.05, 3.63) is 28.3 Å². The van der Waals surface area contributed by atoms with Crippen molar-refractivity contribution < 1.29 is 18.1 Å². The zero-order chi connectivity index (χ0) is 14.6. The first-order valence-corrected chi connectivity index (χ1v) is 7.40. The van der Waals surface area contributed by atoms with E-state index in [1.807, 2.05) is 6.07 Å². The fraction of sp³-hybridized carbons (Fsp3) is 0.300. The van der Waals surface area contributed by atoms with Crippen molar-refractivity contribution >= 4 is 25.4 Å². The SMILES string of the molecule is CCC(C#N)Oc1ccc([N+](=O)[O-])cc1S(=O)(=O)Cl. The number of rotatable bonds is 5. The summed E-state index contributed by atoms with van der Waals surface area (Å²) in [5, 5.41) is 19.4. The molecule has 0 aliphatic heterocycles. The van der Waals surface area contributed by atoms with Crippen LogP contribution >= 0.6 is 10.7 Å². The predicted octanol–water partition coefficient (Wildman–Crippen LogP) is 2.20. The van der Waals surface area contributed by atoms with Crippen molar-refractivity contribution in [3.63, 3.8) is 0 Å². The molecule has 0 amide bonds. The summed E-state index contributed by atoms with van der Waals surface area (Å²) in [4.78, 5) is 9.32. The lowest BCUT2D eigenvalue weighted by molar-refractivity contribution is -0.385. The number of hydrogen-bond donors (Lipinski definition) is 0. The maximum absolute atomic E-state index is 11.4. The van der Waals surface area contributed by atoms with Crippen LogP contribution in [0.15, 0.2) is 23.1 Å². The monoisotopic (exact) mass is 304 g/mol. The highest BCUT2D eigenvalue weighted by Crippen LogP contribution is 2.31. The molecule has 1 atom stereocenters. The molecule has 0 spiro atoms. The molecule has 1 aromatic rings. The first-order valence-electron chi connectivity index (χ1n) is 5.09. The minimum Gasteiger partial charge on any atom is -0.474 e. The van der Waals surface area contributed by atoms with Crippen LogP contribution in [0.4, 0.5) is 5.69 Å². The molecule has 0 radical (unpaired) electrons. The summed E-state index contributed by atoms with van der Waals surface area (Å²) in [6.45, 7) is 1.67. The largest absolute Gasteiger partial charge is 0.474 e. The van der Waals surface area contributed by atoms with Gasteiger partial charge in [0, 0.05) is 22.8 Å². The van der Waals surface area contributed by atoms with E-state index >= 15 is 0 Å². The van der Waals surface area contributed by atoms with Crippen LogP contribution in [-0.4, -0.2) is 19.4 Å². The third-order valence-electron chi connectivity index (χ3n) is 2.18. The second-order valence-electron chi connectivity index (χ2n) is 3.47. The highest BCUT2D eigenvalue weighted by Gasteiger charge is 2.23. The summed E-state index contributed by atoms with van der Waals surface area (Å²) >= 11 is 0. The quantitative estimate of drug-likeness (QED) is 0.468. The van der Waals surface area contributed by atoms with Crippen LogP contribution in [0, 0.1) is 21.4 Å². The Bertz CT molecular complexity index is 638. The topological polar surface area (TPSA) is 110 Å². The van der Waals surface area contributed by atoms with Crippen molar-refractivity contribution in [2.24, 2.45) is 0 Å². The highest BCUT2D eigenvalue weighted by atomic mass is 35.7. The molecule has 0 aliphatic rings. The van der Waals surface area contributed by atoms with Gasteiger partial charge in [-0.05, 0) is 12.5 Å². The van der Waals surface area contributed by atoms with Crippen LogP contribution < -0.4 is 4.74 Å². The maximum atomic E-state index is 11.4. The van der Waals surface area contributed by atoms with Gasteiger partial charge in [0.15, 0.2) is 6.10 Å². The third kappa shape index (κ3) is 3.81. The van der Waals surface area contributed by atoms with Gasteiger partial charge in [-0.2, -0.15) is 5.26 Å². The third-order valence-corrected chi connectivity index (χ3v) is 3.53. The Morgan fingerprint density at radius 2 is 2.21 bits per heavy atom. The van der Waals surface area contributed by atoms with E-state index in [1.165, 1.54) is 0 Å². The van der Waals surface area contributed by atoms with Gasteiger partial charge in [0.2, 0.25) is 0 Å². The molecule has 19 heavy (non-hydrogen) atoms. The normalized spacial score (nSPS) is 12.5. The van der Waals surface area contributed by atoms with E-state index in [0.717, 1.165) is 18.2 Å². The number of halogens is 1. The lowest BCUT2D eigenvalue weighted by Gasteiger charge is -2.12. The smallest absolute Gasteiger partial charge is 0.271 e. The Morgan fingerprint density at radius 1 is 1.58 bits per heavy atom. The minimum absolute atomic E-state index is 0.186. The molecule has 0 heterocycles. The standard InChI is InChI=1S/C10H9ClN2O5S/c1-2-8(6-12)18-9-4-3-7(13(14)15)5-10(9)19(11,16)17/h3-5,8H,2H2,1H3. The van der Waals surface area contributed by atoms with Gasteiger partial charge in [-0.1, -0.05) is 6.92 Å². The van der Waals surface area contributed by atoms with E-state index in [4.69, 9.17) is 20.7 Å². The molecule has 0 fully saturated rings. The molecule has 0 bridgehead atoms. The van der Waals surface area contributed by atoms with Crippen molar-refractivity contribution in [2.75, 3.05) is 0 Å². The molecule has 0 saturated heterocycles. The van der Waals surface area contributed by atoms with Crippen LogP contribution in [0.1, 0.15) is 13.3 Å². The fourth-order valence-corrected chi connectivity index (χ4v) is 2.23. The Labute approximate surface area is 113 Å². The number of nitriles is 1. The Morgan fingerprint density at radius 3 is 2.63 bits per heavy atom. The summed E-state index contributed by atoms with van der Waals surface area (Å²) in [5.41, 5.74) is -0.434. The molecule has 7 nitrogen and oxygen atoms in total. The molecule has 0 saturated carbocycles. The second-order valence-corrected chi connectivity index (χ2v) is 6.00. The number of nitro groups is 1. The summed E-state index contributed by atoms with van der Waals surface area (Å²) < 4.78 is 27.9. The van der Waals surface area contributed by atoms with Crippen molar-refractivity contribution in [1.82, 2.24) is 0 Å². The molecular formula is C10H9ClN2O5S. The number of nitro benzene ring substituents is 1. The van der Waals surface area contributed by atoms with Crippen molar-refractivity contribution in [3.8, 4) is 11.8 Å². The number of benzene rings is 1. The number of hydrogen-bond acceptors (Lipinski definition) is 6. The van der Waals surface area contributed by atoms with E-state index in [1.54, 1.807) is 6.92 Å². The van der Waals surface area contributed by atoms with Crippen LogP contribution in [0.25, 0.3) is 0 Å². The van der Waals surface area contributed by atoms with Gasteiger partial charge in [-0.25, -0.2) is 8.42 Å². The number of non-ortho nitro benzene ring substituents is 1. The average Bonchev–Trinajstić information content (AvgIpc) is 2.34. The van der Waals surface area contributed by atoms with Crippen molar-refractivity contribution in [2.45, 2.75) is 24.3 Å². The van der Waals surface area contributed by atoms with Gasteiger partial charge < -0.3 is 4.74 Å². The van der Waals surface area contributed by atoms with Crippen LogP contribution in [0.2, 0.25) is 0 Å². The molecule has 102 valence electrons. The molecule has 0 aliphatic carbocycles. The van der Waals surface area contributed by atoms with E-state index in [0.29, 0.717) is 6.42 Å². The van der Waals surface area contributed by atoms with Gasteiger partial charge in [0.1, 0.15) is 16.7 Å². The summed E-state index contributed by atoms with van der Waals surface area (Å²) in [5.74, 6) is -0.186. The first-order chi connectivity index (χ1) is 8.79. The summed E-state index contributed by atoms with van der Waals surface area (Å²) in [6, 6.07) is 4.79. The van der Waals surface area contributed by atoms with Gasteiger partial charge >= 0.3 is 0 Å². The molecule has 0 N–H and O–H groups in total. The molecule has 1 rings (SSSR count). The van der Waals surface area contributed by atoms with Crippen LogP contribution in [-0.2, 0) is 9.05 Å². The Hall–Kier alpha value is -1.85. The molecule has 1 unspecified atom stereocenters. The van der Waals surface area contributed by atoms with Crippen LogP contribution in [0.3, 0.4) is 0 Å². The van der Waals surface area contributed by atoms with Crippen LogP contribution in [0.5, 0.6) is 5.75 Å². The van der Waals surface area contributed by atoms with Crippen molar-refractivity contribution in [1.29, 1.82) is 5.26 Å². The fourth-order valence-electron chi connectivity index (χ4n) is 1.25. The average molecular weight is 305 g/mol. The zero-order valence-electron chi connectivity index (χ0n) is 9.74. The van der Waals surface area contributed by atoms with E-state index in [9.17, 15) is 18.5 Å². The lowest BCUT2D eigenvalue weighted by Crippen LogP contribution is -2.14. The number of ether oxygens (including phenoxy) is 1. The Balaban J connectivity index is 3.33. The number of nitrogens with zero attached hydrogens (tertiary/aromatic N) is 2. The first kappa shape index (κ1) is 15.2. The lowest BCUT2D eigenvalue weighted by atomic mass is 10.3. The molecular weight excluding hydrogens is 296 g/mol. The van der Waals surface area contributed by atoms with Gasteiger partial charge in [-0.3, -0.25) is 10.1 Å². The van der Waals surface area contributed by atoms with Gasteiger partial charge in [0.05, 0.1) is 4.92 Å².